The van der Waals surface area contributed by atoms with E-state index in [4.69, 9.17) is 15.2 Å². The number of ether oxygens (including phenoxy) is 2. The fourth-order valence-corrected chi connectivity index (χ4v) is 4.32. The number of para-hydroxylation sites is 1. The van der Waals surface area contributed by atoms with Gasteiger partial charge in [-0.05, 0) is 24.3 Å². The van der Waals surface area contributed by atoms with Crippen LogP contribution in [0.5, 0.6) is 5.75 Å². The summed E-state index contributed by atoms with van der Waals surface area (Å²) in [5.74, 6) is 1.35. The number of anilines is 4. The minimum Gasteiger partial charge on any atom is -0.494 e. The molecule has 5 rings (SSSR count). The van der Waals surface area contributed by atoms with Gasteiger partial charge in [0, 0.05) is 24.8 Å². The highest BCUT2D eigenvalue weighted by molar-refractivity contribution is 7.20. The molecule has 0 aliphatic carbocycles. The average molecular weight is 424 g/mol. The topological polar surface area (TPSA) is 103 Å². The Hall–Kier alpha value is -3.37. The minimum absolute atomic E-state index is 0.264. The molecule has 0 amide bonds. The molecule has 154 valence electrons. The van der Waals surface area contributed by atoms with Gasteiger partial charge in [0.1, 0.15) is 5.75 Å². The molecular formula is C20H21N7O2S. The smallest absolute Gasteiger partial charge is 0.249 e. The molecule has 2 aromatic carbocycles. The Bertz CT molecular complexity index is 1150. The van der Waals surface area contributed by atoms with Gasteiger partial charge in [0.25, 0.3) is 0 Å². The van der Waals surface area contributed by atoms with Crippen LogP contribution in [0.15, 0.2) is 42.5 Å². The third-order valence-electron chi connectivity index (χ3n) is 4.90. The van der Waals surface area contributed by atoms with E-state index in [-0.39, 0.29) is 5.95 Å². The van der Waals surface area contributed by atoms with Crippen LogP contribution >= 0.6 is 11.3 Å². The zero-order valence-corrected chi connectivity index (χ0v) is 17.2. The van der Waals surface area contributed by atoms with E-state index in [0.717, 1.165) is 47.9 Å². The number of methoxy groups -OCH3 is 1. The molecule has 1 aliphatic rings. The van der Waals surface area contributed by atoms with Gasteiger partial charge in [-0.25, -0.2) is 4.98 Å². The molecule has 0 unspecified atom stereocenters. The van der Waals surface area contributed by atoms with Gasteiger partial charge in [0.05, 0.1) is 36.2 Å². The van der Waals surface area contributed by atoms with Crippen molar-refractivity contribution in [3.63, 3.8) is 0 Å². The Kier molecular flexibility index (Phi) is 4.85. The summed E-state index contributed by atoms with van der Waals surface area (Å²) in [6, 6.07) is 13.9. The lowest BCUT2D eigenvalue weighted by molar-refractivity contribution is 0.122. The van der Waals surface area contributed by atoms with Crippen LogP contribution in [0.4, 0.5) is 23.3 Å². The number of morpholine rings is 1. The Labute approximate surface area is 177 Å². The molecule has 0 spiro atoms. The first-order chi connectivity index (χ1) is 14.7. The summed E-state index contributed by atoms with van der Waals surface area (Å²) in [6.07, 6.45) is 0. The van der Waals surface area contributed by atoms with E-state index in [1.807, 2.05) is 42.5 Å². The van der Waals surface area contributed by atoms with Crippen LogP contribution in [0.25, 0.3) is 15.3 Å². The van der Waals surface area contributed by atoms with Crippen molar-refractivity contribution in [2.24, 2.45) is 0 Å². The normalized spacial score (nSPS) is 14.2. The van der Waals surface area contributed by atoms with Crippen LogP contribution in [0, 0.1) is 0 Å². The highest BCUT2D eigenvalue weighted by atomic mass is 32.1. The average Bonchev–Trinajstić information content (AvgIpc) is 3.37. The zero-order valence-electron chi connectivity index (χ0n) is 16.4. The Balaban J connectivity index is 1.41. The van der Waals surface area contributed by atoms with Crippen molar-refractivity contribution < 1.29 is 9.47 Å². The van der Waals surface area contributed by atoms with Gasteiger partial charge in [-0.2, -0.15) is 9.67 Å². The number of thiazole rings is 1. The predicted octanol–water partition coefficient (Wildman–Crippen LogP) is 3.05. The van der Waals surface area contributed by atoms with Gasteiger partial charge >= 0.3 is 0 Å². The van der Waals surface area contributed by atoms with Crippen molar-refractivity contribution in [1.29, 1.82) is 0 Å². The Morgan fingerprint density at radius 2 is 1.97 bits per heavy atom. The van der Waals surface area contributed by atoms with Crippen LogP contribution in [0.2, 0.25) is 0 Å². The van der Waals surface area contributed by atoms with Crippen molar-refractivity contribution in [2.75, 3.05) is 49.4 Å². The maximum atomic E-state index is 6.11. The Morgan fingerprint density at radius 1 is 1.13 bits per heavy atom. The highest BCUT2D eigenvalue weighted by Crippen LogP contribution is 2.32. The van der Waals surface area contributed by atoms with Crippen molar-refractivity contribution >= 4 is 44.8 Å². The van der Waals surface area contributed by atoms with Crippen LogP contribution in [-0.2, 0) is 4.74 Å². The van der Waals surface area contributed by atoms with Crippen molar-refractivity contribution in [1.82, 2.24) is 19.7 Å². The molecule has 4 aromatic rings. The SMILES string of the molecule is COc1cc(N2CCOCC2)ccc1Nc1nc(N)n(-c2nc3ccccc3s2)n1. The number of rotatable bonds is 5. The van der Waals surface area contributed by atoms with Crippen molar-refractivity contribution in [3.8, 4) is 10.9 Å². The van der Waals surface area contributed by atoms with Crippen LogP contribution in [0.3, 0.4) is 0 Å². The number of nitrogens with zero attached hydrogens (tertiary/aromatic N) is 5. The second-order valence-corrected chi connectivity index (χ2v) is 7.79. The van der Waals surface area contributed by atoms with Crippen LogP contribution < -0.4 is 20.7 Å². The molecule has 3 heterocycles. The number of nitrogens with two attached hydrogens (primary N) is 1. The number of nitrogen functional groups attached to an aromatic ring is 1. The molecule has 9 nitrogen and oxygen atoms in total. The molecule has 1 fully saturated rings. The van der Waals surface area contributed by atoms with Gasteiger partial charge < -0.3 is 25.4 Å². The van der Waals surface area contributed by atoms with Gasteiger partial charge in [-0.3, -0.25) is 0 Å². The molecule has 3 N–H and O–H groups in total. The fourth-order valence-electron chi connectivity index (χ4n) is 3.39. The number of nitrogens with one attached hydrogen (secondary N) is 1. The van der Waals surface area contributed by atoms with Gasteiger partial charge in [0.15, 0.2) is 0 Å². The molecule has 0 bridgehead atoms. The van der Waals surface area contributed by atoms with E-state index < -0.39 is 0 Å². The third-order valence-corrected chi connectivity index (χ3v) is 5.92. The number of hydrogen-bond donors (Lipinski definition) is 2. The molecule has 1 saturated heterocycles. The van der Waals surface area contributed by atoms with Crippen LogP contribution in [-0.4, -0.2) is 53.2 Å². The van der Waals surface area contributed by atoms with E-state index >= 15 is 0 Å². The largest absolute Gasteiger partial charge is 0.494 e. The van der Waals surface area contributed by atoms with Crippen molar-refractivity contribution in [2.45, 2.75) is 0 Å². The fraction of sp³-hybridized carbons (Fsp3) is 0.250. The van der Waals surface area contributed by atoms with Gasteiger partial charge in [-0.1, -0.05) is 23.5 Å². The number of benzene rings is 2. The number of hydrogen-bond acceptors (Lipinski definition) is 9. The highest BCUT2D eigenvalue weighted by Gasteiger charge is 2.16. The summed E-state index contributed by atoms with van der Waals surface area (Å²) in [7, 11) is 1.64. The van der Waals surface area contributed by atoms with E-state index in [1.165, 1.54) is 11.3 Å². The summed E-state index contributed by atoms with van der Waals surface area (Å²) < 4.78 is 13.6. The molecule has 1 aliphatic heterocycles. The number of fused-ring (bicyclic) bond motifs is 1. The summed E-state index contributed by atoms with van der Waals surface area (Å²) >= 11 is 1.51. The lowest BCUT2D eigenvalue weighted by Crippen LogP contribution is -2.36. The van der Waals surface area contributed by atoms with E-state index in [9.17, 15) is 0 Å². The van der Waals surface area contributed by atoms with Gasteiger partial charge in [-0.15, -0.1) is 5.10 Å². The Morgan fingerprint density at radius 3 is 2.77 bits per heavy atom. The maximum absolute atomic E-state index is 6.11. The van der Waals surface area contributed by atoms with E-state index in [2.05, 4.69) is 25.3 Å². The monoisotopic (exact) mass is 423 g/mol. The summed E-state index contributed by atoms with van der Waals surface area (Å²) in [6.45, 7) is 3.19. The van der Waals surface area contributed by atoms with Crippen LogP contribution in [0.1, 0.15) is 0 Å². The molecule has 2 aromatic heterocycles. The predicted molar refractivity (Wildman–Crippen MR) is 118 cm³/mol. The van der Waals surface area contributed by atoms with Crippen molar-refractivity contribution in [3.05, 3.63) is 42.5 Å². The first-order valence-electron chi connectivity index (χ1n) is 9.57. The number of aromatic nitrogens is 4. The van der Waals surface area contributed by atoms with E-state index in [0.29, 0.717) is 16.8 Å². The molecule has 0 saturated carbocycles. The van der Waals surface area contributed by atoms with Gasteiger partial charge in [0.2, 0.25) is 17.0 Å². The first kappa shape index (κ1) is 18.6. The minimum atomic E-state index is 0.264. The zero-order chi connectivity index (χ0) is 20.5. The molecule has 10 heteroatoms. The van der Waals surface area contributed by atoms with E-state index in [1.54, 1.807) is 11.8 Å². The quantitative estimate of drug-likeness (QED) is 0.505. The second kappa shape index (κ2) is 7.81. The molecule has 0 atom stereocenters. The summed E-state index contributed by atoms with van der Waals surface area (Å²) in [5.41, 5.74) is 8.86. The molecule has 30 heavy (non-hydrogen) atoms. The summed E-state index contributed by atoms with van der Waals surface area (Å²) in [5, 5.41) is 8.37. The lowest BCUT2D eigenvalue weighted by atomic mass is 10.2. The second-order valence-electron chi connectivity index (χ2n) is 6.78. The standard InChI is InChI=1S/C20H21N7O2S/c1-28-16-12-13(26-8-10-29-11-9-26)6-7-14(16)22-19-24-18(21)27(25-19)20-23-15-4-2-3-5-17(15)30-20/h2-7,12H,8-11H2,1H3,(H3,21,22,24,25). The first-order valence-corrected chi connectivity index (χ1v) is 10.4. The lowest BCUT2D eigenvalue weighted by Gasteiger charge is -2.29. The summed E-state index contributed by atoms with van der Waals surface area (Å²) in [4.78, 5) is 11.2. The third kappa shape index (κ3) is 3.51. The molecule has 0 radical (unpaired) electrons. The maximum Gasteiger partial charge on any atom is 0.249 e. The molecular weight excluding hydrogens is 402 g/mol.